The molecule has 0 saturated carbocycles. The molecule has 0 radical (unpaired) electrons. The van der Waals surface area contributed by atoms with Crippen LogP contribution in [0.25, 0.3) is 0 Å². The standard InChI is InChI=1S/C9H13N.C2H6/c1-7-6-10-9-5-3-2-4-8(7)9;1-2/h6,10H,2-5H2,1H3;1-2H3. The van der Waals surface area contributed by atoms with Gasteiger partial charge >= 0.3 is 0 Å². The van der Waals surface area contributed by atoms with E-state index in [0.717, 1.165) is 0 Å². The molecule has 1 nitrogen and oxygen atoms in total. The highest BCUT2D eigenvalue weighted by Crippen LogP contribution is 2.22. The summed E-state index contributed by atoms with van der Waals surface area (Å²) in [5.41, 5.74) is 4.53. The highest BCUT2D eigenvalue weighted by molar-refractivity contribution is 5.31. The molecule has 68 valence electrons. The summed E-state index contributed by atoms with van der Waals surface area (Å²) < 4.78 is 0. The van der Waals surface area contributed by atoms with Crippen LogP contribution in [0, 0.1) is 6.92 Å². The molecule has 1 aromatic heterocycles. The van der Waals surface area contributed by atoms with Gasteiger partial charge in [0, 0.05) is 11.9 Å². The molecule has 1 aromatic rings. The van der Waals surface area contributed by atoms with Crippen LogP contribution in [0.4, 0.5) is 0 Å². The first kappa shape index (κ1) is 9.37. The van der Waals surface area contributed by atoms with Gasteiger partial charge in [0.1, 0.15) is 0 Å². The van der Waals surface area contributed by atoms with Gasteiger partial charge < -0.3 is 4.98 Å². The van der Waals surface area contributed by atoms with Crippen molar-refractivity contribution in [3.8, 4) is 0 Å². The Bertz CT molecular complexity index is 235. The first-order valence-corrected chi connectivity index (χ1v) is 5.03. The molecule has 0 saturated heterocycles. The highest BCUT2D eigenvalue weighted by atomic mass is 14.7. The Kier molecular flexibility index (Phi) is 3.39. The maximum atomic E-state index is 3.33. The van der Waals surface area contributed by atoms with E-state index in [9.17, 15) is 0 Å². The van der Waals surface area contributed by atoms with Crippen LogP contribution in [0.1, 0.15) is 43.5 Å². The molecular formula is C11H19N. The van der Waals surface area contributed by atoms with Crippen molar-refractivity contribution in [2.24, 2.45) is 0 Å². The van der Waals surface area contributed by atoms with E-state index in [-0.39, 0.29) is 0 Å². The highest BCUT2D eigenvalue weighted by Gasteiger charge is 2.11. The molecular weight excluding hydrogens is 146 g/mol. The minimum atomic E-state index is 1.27. The second-order valence-electron chi connectivity index (χ2n) is 3.14. The van der Waals surface area contributed by atoms with E-state index in [1.54, 1.807) is 5.56 Å². The van der Waals surface area contributed by atoms with Crippen molar-refractivity contribution in [3.63, 3.8) is 0 Å². The van der Waals surface area contributed by atoms with Gasteiger partial charge in [0.05, 0.1) is 0 Å². The lowest BCUT2D eigenvalue weighted by atomic mass is 9.96. The van der Waals surface area contributed by atoms with E-state index in [0.29, 0.717) is 0 Å². The summed E-state index contributed by atoms with van der Waals surface area (Å²) >= 11 is 0. The third kappa shape index (κ3) is 1.71. The minimum Gasteiger partial charge on any atom is -0.364 e. The monoisotopic (exact) mass is 165 g/mol. The van der Waals surface area contributed by atoms with Crippen LogP contribution in [-0.4, -0.2) is 4.98 Å². The van der Waals surface area contributed by atoms with Crippen molar-refractivity contribution in [3.05, 3.63) is 23.0 Å². The molecule has 1 heteroatoms. The normalized spacial score (nSPS) is 14.6. The third-order valence-corrected chi connectivity index (χ3v) is 2.41. The zero-order valence-corrected chi connectivity index (χ0v) is 8.41. The molecule has 0 unspecified atom stereocenters. The molecule has 0 atom stereocenters. The summed E-state index contributed by atoms with van der Waals surface area (Å²) in [5.74, 6) is 0. The predicted molar refractivity (Wildman–Crippen MR) is 53.5 cm³/mol. The summed E-state index contributed by atoms with van der Waals surface area (Å²) in [7, 11) is 0. The molecule has 1 N–H and O–H groups in total. The number of H-pyrrole nitrogens is 1. The first-order valence-electron chi connectivity index (χ1n) is 5.03. The third-order valence-electron chi connectivity index (χ3n) is 2.41. The van der Waals surface area contributed by atoms with Crippen molar-refractivity contribution < 1.29 is 0 Å². The fourth-order valence-corrected chi connectivity index (χ4v) is 1.78. The number of rotatable bonds is 0. The number of hydrogen-bond donors (Lipinski definition) is 1. The van der Waals surface area contributed by atoms with E-state index >= 15 is 0 Å². The molecule has 0 aliphatic heterocycles. The van der Waals surface area contributed by atoms with Crippen molar-refractivity contribution in [1.82, 2.24) is 4.98 Å². The van der Waals surface area contributed by atoms with Crippen LogP contribution in [-0.2, 0) is 12.8 Å². The largest absolute Gasteiger partial charge is 0.364 e. The Hall–Kier alpha value is -0.720. The van der Waals surface area contributed by atoms with Gasteiger partial charge in [-0.2, -0.15) is 0 Å². The van der Waals surface area contributed by atoms with Crippen LogP contribution in [0.15, 0.2) is 6.20 Å². The summed E-state index contributed by atoms with van der Waals surface area (Å²) in [6.07, 6.45) is 7.45. The Labute approximate surface area is 75.2 Å². The van der Waals surface area contributed by atoms with Gasteiger partial charge in [-0.15, -0.1) is 0 Å². The fraction of sp³-hybridized carbons (Fsp3) is 0.636. The molecule has 0 fully saturated rings. The zero-order valence-electron chi connectivity index (χ0n) is 8.41. The average molecular weight is 165 g/mol. The average Bonchev–Trinajstić information content (AvgIpc) is 2.53. The maximum absolute atomic E-state index is 3.33. The first-order chi connectivity index (χ1) is 5.88. The van der Waals surface area contributed by atoms with Gasteiger partial charge in [-0.05, 0) is 43.7 Å². The van der Waals surface area contributed by atoms with Gasteiger partial charge in [0.2, 0.25) is 0 Å². The Morgan fingerprint density at radius 2 is 1.83 bits per heavy atom. The van der Waals surface area contributed by atoms with Crippen molar-refractivity contribution in [2.75, 3.05) is 0 Å². The number of hydrogen-bond acceptors (Lipinski definition) is 0. The summed E-state index contributed by atoms with van der Waals surface area (Å²) in [4.78, 5) is 3.33. The topological polar surface area (TPSA) is 15.8 Å². The molecule has 12 heavy (non-hydrogen) atoms. The van der Waals surface area contributed by atoms with Gasteiger partial charge in [0.15, 0.2) is 0 Å². The quantitative estimate of drug-likeness (QED) is 0.607. The Morgan fingerprint density at radius 3 is 2.50 bits per heavy atom. The summed E-state index contributed by atoms with van der Waals surface area (Å²) in [6.45, 7) is 6.20. The van der Waals surface area contributed by atoms with Gasteiger partial charge in [-0.3, -0.25) is 0 Å². The van der Waals surface area contributed by atoms with Crippen molar-refractivity contribution in [1.29, 1.82) is 0 Å². The van der Waals surface area contributed by atoms with E-state index in [1.807, 2.05) is 13.8 Å². The van der Waals surface area contributed by atoms with E-state index < -0.39 is 0 Å². The molecule has 0 amide bonds. The van der Waals surface area contributed by atoms with Crippen LogP contribution in [0.5, 0.6) is 0 Å². The second kappa shape index (κ2) is 4.34. The van der Waals surface area contributed by atoms with E-state index in [4.69, 9.17) is 0 Å². The zero-order chi connectivity index (χ0) is 8.97. The molecule has 1 heterocycles. The van der Waals surface area contributed by atoms with Crippen molar-refractivity contribution in [2.45, 2.75) is 46.5 Å². The lowest BCUT2D eigenvalue weighted by molar-refractivity contribution is 0.675. The van der Waals surface area contributed by atoms with Gasteiger partial charge in [-0.25, -0.2) is 0 Å². The summed E-state index contributed by atoms with van der Waals surface area (Å²) in [6, 6.07) is 0. The van der Waals surface area contributed by atoms with E-state index in [2.05, 4.69) is 18.1 Å². The number of fused-ring (bicyclic) bond motifs is 1. The molecule has 1 aliphatic rings. The fourth-order valence-electron chi connectivity index (χ4n) is 1.78. The second-order valence-corrected chi connectivity index (χ2v) is 3.14. The number of aromatic nitrogens is 1. The van der Waals surface area contributed by atoms with Gasteiger partial charge in [0.25, 0.3) is 0 Å². The molecule has 1 aliphatic carbocycles. The number of aryl methyl sites for hydroxylation is 2. The lowest BCUT2D eigenvalue weighted by Gasteiger charge is -2.10. The SMILES string of the molecule is CC.Cc1c[nH]c2c1CCCC2. The van der Waals surface area contributed by atoms with Crippen LogP contribution in [0.3, 0.4) is 0 Å². The lowest BCUT2D eigenvalue weighted by Crippen LogP contribution is -2.00. The van der Waals surface area contributed by atoms with Crippen molar-refractivity contribution >= 4 is 0 Å². The van der Waals surface area contributed by atoms with Crippen LogP contribution in [0.2, 0.25) is 0 Å². The molecule has 2 rings (SSSR count). The predicted octanol–water partition coefficient (Wildman–Crippen LogP) is 3.23. The van der Waals surface area contributed by atoms with E-state index in [1.165, 1.54) is 36.9 Å². The molecule has 0 spiro atoms. The number of aromatic amines is 1. The van der Waals surface area contributed by atoms with Gasteiger partial charge in [-0.1, -0.05) is 13.8 Å². The minimum absolute atomic E-state index is 1.27. The molecule has 0 aromatic carbocycles. The smallest absolute Gasteiger partial charge is 0.0182 e. The van der Waals surface area contributed by atoms with Crippen LogP contribution < -0.4 is 0 Å². The Balaban J connectivity index is 0.000000336. The molecule has 0 bridgehead atoms. The number of nitrogens with one attached hydrogen (secondary N) is 1. The Morgan fingerprint density at radius 1 is 1.17 bits per heavy atom. The summed E-state index contributed by atoms with van der Waals surface area (Å²) in [5, 5.41) is 0. The van der Waals surface area contributed by atoms with Crippen LogP contribution >= 0.6 is 0 Å². The maximum Gasteiger partial charge on any atom is 0.0182 e.